The van der Waals surface area contributed by atoms with Crippen molar-refractivity contribution < 1.29 is 24.2 Å². The molecule has 0 aliphatic heterocycles. The van der Waals surface area contributed by atoms with Crippen LogP contribution in [-0.2, 0) is 16.1 Å². The SMILES string of the molecule is CC(C)(C(=O)OCc1ncc(-c2ccccc2)o1)C(O)c1cccc(O)c1. The summed E-state index contributed by atoms with van der Waals surface area (Å²) in [6, 6.07) is 15.6. The molecule has 0 saturated carbocycles. The highest BCUT2D eigenvalue weighted by molar-refractivity contribution is 5.77. The average Bonchev–Trinajstić information content (AvgIpc) is 3.15. The van der Waals surface area contributed by atoms with Gasteiger partial charge in [-0.25, -0.2) is 4.98 Å². The lowest BCUT2D eigenvalue weighted by Crippen LogP contribution is -2.33. The molecule has 2 N–H and O–H groups in total. The quantitative estimate of drug-likeness (QED) is 0.643. The summed E-state index contributed by atoms with van der Waals surface area (Å²) in [5, 5.41) is 20.1. The van der Waals surface area contributed by atoms with E-state index in [0.717, 1.165) is 5.56 Å². The van der Waals surface area contributed by atoms with Crippen molar-refractivity contribution in [1.82, 2.24) is 4.98 Å². The Balaban J connectivity index is 1.65. The summed E-state index contributed by atoms with van der Waals surface area (Å²) < 4.78 is 10.9. The Hall–Kier alpha value is -3.12. The maximum absolute atomic E-state index is 12.5. The number of hydrogen-bond acceptors (Lipinski definition) is 6. The first-order chi connectivity index (χ1) is 12.9. The number of phenols is 1. The molecule has 1 atom stereocenters. The van der Waals surface area contributed by atoms with Gasteiger partial charge in [0, 0.05) is 5.56 Å². The summed E-state index contributed by atoms with van der Waals surface area (Å²) in [6.45, 7) is 3.02. The van der Waals surface area contributed by atoms with Crippen LogP contribution < -0.4 is 0 Å². The first kappa shape index (κ1) is 18.7. The molecule has 3 aromatic rings. The number of carbonyl (C=O) groups is 1. The molecular formula is C21H21NO5. The van der Waals surface area contributed by atoms with Gasteiger partial charge in [0.2, 0.25) is 5.89 Å². The summed E-state index contributed by atoms with van der Waals surface area (Å²) in [4.78, 5) is 16.6. The Kier molecular flexibility index (Phi) is 5.28. The Labute approximate surface area is 157 Å². The Morgan fingerprint density at radius 3 is 2.63 bits per heavy atom. The van der Waals surface area contributed by atoms with E-state index in [1.807, 2.05) is 30.3 Å². The topological polar surface area (TPSA) is 92.8 Å². The van der Waals surface area contributed by atoms with Crippen LogP contribution in [0, 0.1) is 5.41 Å². The third-order valence-electron chi connectivity index (χ3n) is 4.33. The van der Waals surface area contributed by atoms with Gasteiger partial charge >= 0.3 is 5.97 Å². The van der Waals surface area contributed by atoms with Gasteiger partial charge in [0.05, 0.1) is 17.7 Å². The van der Waals surface area contributed by atoms with Crippen molar-refractivity contribution in [3.8, 4) is 17.1 Å². The molecule has 0 spiro atoms. The minimum Gasteiger partial charge on any atom is -0.508 e. The summed E-state index contributed by atoms with van der Waals surface area (Å²) in [7, 11) is 0. The number of nitrogens with zero attached hydrogens (tertiary/aromatic N) is 1. The van der Waals surface area contributed by atoms with E-state index in [-0.39, 0.29) is 18.2 Å². The van der Waals surface area contributed by atoms with Gasteiger partial charge < -0.3 is 19.4 Å². The van der Waals surface area contributed by atoms with Gasteiger partial charge in [0.25, 0.3) is 0 Å². The number of ether oxygens (including phenoxy) is 1. The van der Waals surface area contributed by atoms with Crippen LogP contribution >= 0.6 is 0 Å². The smallest absolute Gasteiger partial charge is 0.315 e. The van der Waals surface area contributed by atoms with E-state index in [2.05, 4.69) is 4.98 Å². The highest BCUT2D eigenvalue weighted by Gasteiger charge is 2.38. The predicted octanol–water partition coefficient (Wildman–Crippen LogP) is 3.85. The van der Waals surface area contributed by atoms with Gasteiger partial charge in [-0.2, -0.15) is 0 Å². The fourth-order valence-corrected chi connectivity index (χ4v) is 2.65. The van der Waals surface area contributed by atoms with Crippen LogP contribution in [0.15, 0.2) is 65.2 Å². The maximum Gasteiger partial charge on any atom is 0.315 e. The minimum atomic E-state index is -1.22. The fraction of sp³-hybridized carbons (Fsp3) is 0.238. The average molecular weight is 367 g/mol. The molecule has 3 rings (SSSR count). The lowest BCUT2D eigenvalue weighted by atomic mass is 9.82. The second kappa shape index (κ2) is 7.63. The zero-order chi connectivity index (χ0) is 19.4. The van der Waals surface area contributed by atoms with Crippen LogP contribution in [0.5, 0.6) is 5.75 Å². The van der Waals surface area contributed by atoms with E-state index in [1.165, 1.54) is 12.1 Å². The van der Waals surface area contributed by atoms with Gasteiger partial charge in [-0.15, -0.1) is 0 Å². The fourth-order valence-electron chi connectivity index (χ4n) is 2.65. The first-order valence-electron chi connectivity index (χ1n) is 8.52. The number of aliphatic hydroxyl groups excluding tert-OH is 1. The molecule has 1 aromatic heterocycles. The molecule has 1 heterocycles. The molecule has 0 aliphatic carbocycles. The van der Waals surface area contributed by atoms with Gasteiger partial charge in [0.15, 0.2) is 12.4 Å². The van der Waals surface area contributed by atoms with Gasteiger partial charge in [-0.1, -0.05) is 42.5 Å². The molecular weight excluding hydrogens is 346 g/mol. The Bertz CT molecular complexity index is 917. The lowest BCUT2D eigenvalue weighted by molar-refractivity contribution is -0.163. The zero-order valence-corrected chi connectivity index (χ0v) is 15.1. The molecule has 6 heteroatoms. The van der Waals surface area contributed by atoms with Crippen molar-refractivity contribution in [2.75, 3.05) is 0 Å². The lowest BCUT2D eigenvalue weighted by Gasteiger charge is -2.28. The molecule has 0 radical (unpaired) electrons. The van der Waals surface area contributed by atoms with Crippen LogP contribution in [0.25, 0.3) is 11.3 Å². The molecule has 6 nitrogen and oxygen atoms in total. The van der Waals surface area contributed by atoms with Crippen molar-refractivity contribution in [2.24, 2.45) is 5.41 Å². The monoisotopic (exact) mass is 367 g/mol. The summed E-state index contributed by atoms with van der Waals surface area (Å²) in [5.74, 6) is 0.271. The van der Waals surface area contributed by atoms with Gasteiger partial charge in [-0.05, 0) is 31.5 Å². The van der Waals surface area contributed by atoms with E-state index in [0.29, 0.717) is 11.3 Å². The third-order valence-corrected chi connectivity index (χ3v) is 4.33. The summed E-state index contributed by atoms with van der Waals surface area (Å²) >= 11 is 0. The number of aliphatic hydroxyl groups is 1. The molecule has 0 saturated heterocycles. The van der Waals surface area contributed by atoms with Crippen LogP contribution in [0.3, 0.4) is 0 Å². The number of carbonyl (C=O) groups excluding carboxylic acids is 1. The summed E-state index contributed by atoms with van der Waals surface area (Å²) in [5.41, 5.74) is 0.0875. The van der Waals surface area contributed by atoms with Crippen LogP contribution in [0.1, 0.15) is 31.4 Å². The number of oxazole rings is 1. The second-order valence-corrected chi connectivity index (χ2v) is 6.78. The van der Waals surface area contributed by atoms with E-state index in [9.17, 15) is 15.0 Å². The molecule has 0 aliphatic rings. The normalized spacial score (nSPS) is 12.6. The van der Waals surface area contributed by atoms with E-state index in [4.69, 9.17) is 9.15 Å². The Morgan fingerprint density at radius 1 is 1.19 bits per heavy atom. The van der Waals surface area contributed by atoms with Crippen LogP contribution in [0.2, 0.25) is 0 Å². The van der Waals surface area contributed by atoms with Crippen molar-refractivity contribution in [3.05, 3.63) is 72.2 Å². The highest BCUT2D eigenvalue weighted by atomic mass is 16.5. The molecule has 0 bridgehead atoms. The number of hydrogen-bond donors (Lipinski definition) is 2. The van der Waals surface area contributed by atoms with E-state index in [1.54, 1.807) is 32.2 Å². The number of esters is 1. The van der Waals surface area contributed by atoms with E-state index >= 15 is 0 Å². The zero-order valence-electron chi connectivity index (χ0n) is 15.1. The summed E-state index contributed by atoms with van der Waals surface area (Å²) in [6.07, 6.45) is 0.437. The predicted molar refractivity (Wildman–Crippen MR) is 98.6 cm³/mol. The van der Waals surface area contributed by atoms with Crippen molar-refractivity contribution in [1.29, 1.82) is 0 Å². The molecule has 1 unspecified atom stereocenters. The first-order valence-corrected chi connectivity index (χ1v) is 8.52. The Morgan fingerprint density at radius 2 is 1.93 bits per heavy atom. The molecule has 0 fully saturated rings. The number of rotatable bonds is 6. The van der Waals surface area contributed by atoms with E-state index < -0.39 is 17.5 Å². The number of aromatic nitrogens is 1. The van der Waals surface area contributed by atoms with Crippen molar-refractivity contribution >= 4 is 5.97 Å². The number of benzene rings is 2. The second-order valence-electron chi connectivity index (χ2n) is 6.78. The number of aromatic hydroxyl groups is 1. The van der Waals surface area contributed by atoms with Crippen LogP contribution in [0.4, 0.5) is 0 Å². The molecule has 140 valence electrons. The minimum absolute atomic E-state index is 0.0175. The van der Waals surface area contributed by atoms with Gasteiger partial charge in [0.1, 0.15) is 5.75 Å². The van der Waals surface area contributed by atoms with Gasteiger partial charge in [-0.3, -0.25) is 4.79 Å². The largest absolute Gasteiger partial charge is 0.508 e. The molecule has 27 heavy (non-hydrogen) atoms. The van der Waals surface area contributed by atoms with Crippen molar-refractivity contribution in [3.63, 3.8) is 0 Å². The van der Waals surface area contributed by atoms with Crippen molar-refractivity contribution in [2.45, 2.75) is 26.6 Å². The highest BCUT2D eigenvalue weighted by Crippen LogP contribution is 2.35. The number of phenolic OH excluding ortho intramolecular Hbond substituents is 1. The third kappa shape index (κ3) is 4.17. The maximum atomic E-state index is 12.5. The molecule has 2 aromatic carbocycles. The molecule has 0 amide bonds. The standard InChI is InChI=1S/C21H21NO5/c1-21(2,19(24)15-9-6-10-16(23)11-15)20(25)26-13-18-22-12-17(27-18)14-7-4-3-5-8-14/h3-12,19,23-24H,13H2,1-2H3. The van der Waals surface area contributed by atoms with Crippen LogP contribution in [-0.4, -0.2) is 21.2 Å².